The molecule has 1 saturated heterocycles. The van der Waals surface area contributed by atoms with E-state index in [9.17, 15) is 4.79 Å². The average molecular weight is 724 g/mol. The first-order valence-corrected chi connectivity index (χ1v) is 21.8. The van der Waals surface area contributed by atoms with E-state index in [1.165, 1.54) is 20.5 Å². The molecule has 2 heterocycles. The van der Waals surface area contributed by atoms with Crippen molar-refractivity contribution in [3.8, 4) is 17.2 Å². The summed E-state index contributed by atoms with van der Waals surface area (Å²) in [5, 5.41) is 9.06. The van der Waals surface area contributed by atoms with Gasteiger partial charge in [0.15, 0.2) is 5.78 Å². The Kier molecular flexibility index (Phi) is 11.1. The molecule has 1 aliphatic rings. The maximum atomic E-state index is 15.1. The Labute approximate surface area is 269 Å². The number of carbonyl (C=O) groups is 1. The van der Waals surface area contributed by atoms with Gasteiger partial charge in [0.05, 0.1) is 11.8 Å². The van der Waals surface area contributed by atoms with Gasteiger partial charge < -0.3 is 5.41 Å². The summed E-state index contributed by atoms with van der Waals surface area (Å²) in [7, 11) is 0. The zero-order valence-corrected chi connectivity index (χ0v) is 28.4. The zero-order chi connectivity index (χ0) is 31.8. The molecule has 6 nitrogen and oxygen atoms in total. The molecule has 0 amide bonds. The molecular weight excluding hydrogens is 680 g/mol. The van der Waals surface area contributed by atoms with Crippen molar-refractivity contribution >= 4 is 44.9 Å². The van der Waals surface area contributed by atoms with E-state index in [1.54, 1.807) is 18.3 Å². The van der Waals surface area contributed by atoms with Crippen LogP contribution in [0.3, 0.4) is 0 Å². The predicted molar refractivity (Wildman–Crippen MR) is 192 cm³/mol. The molecule has 0 saturated carbocycles. The molecular formula is C37H43FIN3O3. The Morgan fingerprint density at radius 1 is 1.02 bits per heavy atom. The molecule has 1 aliphatic heterocycles. The summed E-state index contributed by atoms with van der Waals surface area (Å²) >= 11 is -1.91. The van der Waals surface area contributed by atoms with Crippen molar-refractivity contribution < 1.29 is 18.7 Å². The topological polar surface area (TPSA) is 75.3 Å². The van der Waals surface area contributed by atoms with Gasteiger partial charge in [0.1, 0.15) is 0 Å². The number of nitrogens with one attached hydrogen (secondary N) is 1. The summed E-state index contributed by atoms with van der Waals surface area (Å²) in [6, 6.07) is 22.4. The number of fused-ring (bicyclic) bond motifs is 1. The van der Waals surface area contributed by atoms with Gasteiger partial charge in [-0.15, -0.1) is 0 Å². The van der Waals surface area contributed by atoms with E-state index in [4.69, 9.17) is 14.9 Å². The fourth-order valence-electron chi connectivity index (χ4n) is 5.34. The standard InChI is InChI=1S/C37H43FIN3O3/c1-4-39(3,5-2)20-23-44-29-15-16-30-33(25-29)41-21-18-35(30)45-36-17-14-28(24-31(36)38)12-9-13-32(40)37(43)34-26-42(34)22-19-27-10-7-6-8-11-27/h6-8,10-11,14-18,21,24-25,34,40H,3-5,9,12-13,19-20,22-23,26H2,1-2H3. The SMILES string of the molecule is C=I(CC)(CC)CCOc1ccc2c(Oc3ccc(CCCC(=N)C(=O)C4CN4CCc4ccccc4)cc3F)ccnc2c1. The molecule has 2 unspecified atom stereocenters. The number of benzene rings is 3. The molecule has 3 aromatic carbocycles. The number of nitrogens with zero attached hydrogens (tertiary/aromatic N) is 2. The molecule has 0 radical (unpaired) electrons. The van der Waals surface area contributed by atoms with Crippen molar-refractivity contribution in [1.82, 2.24) is 9.88 Å². The first-order valence-electron chi connectivity index (χ1n) is 15.7. The van der Waals surface area contributed by atoms with Gasteiger partial charge in [-0.1, -0.05) is 30.3 Å². The van der Waals surface area contributed by atoms with Crippen molar-refractivity contribution in [3.63, 3.8) is 0 Å². The van der Waals surface area contributed by atoms with Gasteiger partial charge in [-0.3, -0.25) is 9.69 Å². The van der Waals surface area contributed by atoms with Crippen LogP contribution in [0.5, 0.6) is 17.2 Å². The Bertz CT molecular complexity index is 1690. The Morgan fingerprint density at radius 3 is 2.58 bits per heavy atom. The van der Waals surface area contributed by atoms with Crippen LogP contribution in [0.15, 0.2) is 79.0 Å². The minimum atomic E-state index is -1.91. The number of carbonyl (C=O) groups excluding carboxylic acids is 1. The molecule has 5 rings (SSSR count). The number of hydrogen-bond acceptors (Lipinski definition) is 6. The van der Waals surface area contributed by atoms with E-state index in [1.807, 2.05) is 42.5 Å². The summed E-state index contributed by atoms with van der Waals surface area (Å²) in [6.45, 7) is 6.67. The van der Waals surface area contributed by atoms with Crippen molar-refractivity contribution in [1.29, 1.82) is 5.41 Å². The van der Waals surface area contributed by atoms with E-state index in [0.29, 0.717) is 31.6 Å². The third-order valence-corrected chi connectivity index (χ3v) is 17.7. The van der Waals surface area contributed by atoms with Crippen LogP contribution in [0.2, 0.25) is 0 Å². The van der Waals surface area contributed by atoms with Crippen LogP contribution in [0.1, 0.15) is 37.8 Å². The third-order valence-electron chi connectivity index (χ3n) is 8.51. The molecule has 0 spiro atoms. The van der Waals surface area contributed by atoms with E-state index in [0.717, 1.165) is 46.2 Å². The quantitative estimate of drug-likeness (QED) is 0.0519. The fraction of sp³-hybridized carbons (Fsp3) is 0.351. The first-order chi connectivity index (χ1) is 21.8. The average Bonchev–Trinajstić information content (AvgIpc) is 3.84. The van der Waals surface area contributed by atoms with E-state index < -0.39 is 23.8 Å². The minimum absolute atomic E-state index is 0.0864. The number of alkyl halides is 3. The molecule has 4 aromatic rings. The van der Waals surface area contributed by atoms with Crippen molar-refractivity contribution in [2.24, 2.45) is 0 Å². The van der Waals surface area contributed by atoms with Crippen LogP contribution in [0.25, 0.3) is 10.9 Å². The van der Waals surface area contributed by atoms with E-state index >= 15 is 4.39 Å². The van der Waals surface area contributed by atoms with Crippen LogP contribution < -0.4 is 9.47 Å². The molecule has 45 heavy (non-hydrogen) atoms. The van der Waals surface area contributed by atoms with E-state index in [-0.39, 0.29) is 23.3 Å². The number of ketones is 1. The molecule has 0 bridgehead atoms. The third kappa shape index (κ3) is 8.82. The second-order valence-corrected chi connectivity index (χ2v) is 22.1. The van der Waals surface area contributed by atoms with Crippen LogP contribution in [0.4, 0.5) is 4.39 Å². The molecule has 0 aliphatic carbocycles. The number of ether oxygens (including phenoxy) is 2. The summed E-state index contributed by atoms with van der Waals surface area (Å²) in [6.07, 6.45) is 4.11. The second kappa shape index (κ2) is 15.2. The Morgan fingerprint density at radius 2 is 1.82 bits per heavy atom. The van der Waals surface area contributed by atoms with Gasteiger partial charge in [0.25, 0.3) is 0 Å². The molecule has 1 fully saturated rings. The Hall–Kier alpha value is -3.50. The normalized spacial score (nSPS) is 16.3. The summed E-state index contributed by atoms with van der Waals surface area (Å²) in [5.41, 5.74) is 2.93. The monoisotopic (exact) mass is 723 g/mol. The van der Waals surface area contributed by atoms with Crippen LogP contribution in [-0.4, -0.2) is 64.9 Å². The summed E-state index contributed by atoms with van der Waals surface area (Å²) in [4.78, 5) is 19.3. The molecule has 1 aromatic heterocycles. The van der Waals surface area contributed by atoms with Gasteiger partial charge in [-0.05, 0) is 36.8 Å². The molecule has 1 N–H and O–H groups in total. The van der Waals surface area contributed by atoms with Crippen molar-refractivity contribution in [2.45, 2.75) is 45.6 Å². The fourth-order valence-corrected chi connectivity index (χ4v) is 9.10. The van der Waals surface area contributed by atoms with Gasteiger partial charge in [0.2, 0.25) is 0 Å². The Balaban J connectivity index is 1.10. The van der Waals surface area contributed by atoms with Crippen molar-refractivity contribution in [2.75, 3.05) is 33.0 Å². The number of pyridine rings is 1. The van der Waals surface area contributed by atoms with E-state index in [2.05, 4.69) is 40.4 Å². The molecule has 8 heteroatoms. The van der Waals surface area contributed by atoms with Crippen LogP contribution >= 0.6 is 18.0 Å². The first kappa shape index (κ1) is 32.9. The number of rotatable bonds is 17. The van der Waals surface area contributed by atoms with Gasteiger partial charge in [-0.2, -0.15) is 0 Å². The number of aryl methyl sites for hydroxylation is 1. The number of aromatic nitrogens is 1. The van der Waals surface area contributed by atoms with Crippen LogP contribution in [-0.2, 0) is 17.6 Å². The number of Topliss-reactive ketones (excluding diaryl/α,β-unsaturated/α-hetero) is 1. The van der Waals surface area contributed by atoms with Gasteiger partial charge >= 0.3 is 158 Å². The van der Waals surface area contributed by atoms with Gasteiger partial charge in [-0.25, -0.2) is 0 Å². The molecule has 238 valence electrons. The molecule has 2 atom stereocenters. The number of halogens is 2. The summed E-state index contributed by atoms with van der Waals surface area (Å²) in [5.74, 6) is 0.870. The second-order valence-electron chi connectivity index (χ2n) is 11.5. The maximum absolute atomic E-state index is 15.1. The predicted octanol–water partition coefficient (Wildman–Crippen LogP) is 7.90. The summed E-state index contributed by atoms with van der Waals surface area (Å²) < 4.78 is 35.1. The zero-order valence-electron chi connectivity index (χ0n) is 26.2. The van der Waals surface area contributed by atoms with Crippen LogP contribution in [0, 0.1) is 11.2 Å². The van der Waals surface area contributed by atoms with Crippen molar-refractivity contribution in [3.05, 3.63) is 95.9 Å². The number of hydrogen-bond donors (Lipinski definition) is 1. The van der Waals surface area contributed by atoms with Gasteiger partial charge in [0, 0.05) is 13.1 Å².